The van der Waals surface area contributed by atoms with Crippen molar-refractivity contribution in [3.63, 3.8) is 0 Å². The molecule has 5 nitrogen and oxygen atoms in total. The third-order valence-corrected chi connectivity index (χ3v) is 4.65. The molecule has 1 aromatic heterocycles. The molecule has 136 valence electrons. The molecule has 0 aliphatic carbocycles. The van der Waals surface area contributed by atoms with E-state index < -0.39 is 0 Å². The van der Waals surface area contributed by atoms with Gasteiger partial charge >= 0.3 is 0 Å². The summed E-state index contributed by atoms with van der Waals surface area (Å²) >= 11 is 7.57. The summed E-state index contributed by atoms with van der Waals surface area (Å²) in [5.74, 6) is 2.46. The third-order valence-electron chi connectivity index (χ3n) is 3.48. The normalized spacial score (nSPS) is 10.7. The van der Waals surface area contributed by atoms with Gasteiger partial charge in [-0.3, -0.25) is 5.10 Å². The number of halogens is 2. The number of thioether (sulfide) groups is 1. The van der Waals surface area contributed by atoms with Crippen LogP contribution in [-0.4, -0.2) is 34.7 Å². The predicted octanol–water partition coefficient (Wildman–Crippen LogP) is 4.83. The van der Waals surface area contributed by atoms with E-state index in [4.69, 9.17) is 21.1 Å². The van der Waals surface area contributed by atoms with E-state index in [-0.39, 0.29) is 5.82 Å². The Morgan fingerprint density at radius 1 is 1.19 bits per heavy atom. The van der Waals surface area contributed by atoms with Crippen LogP contribution < -0.4 is 9.47 Å². The lowest BCUT2D eigenvalue weighted by molar-refractivity contribution is 0.318. The number of nitrogens with zero attached hydrogens (tertiary/aromatic N) is 2. The summed E-state index contributed by atoms with van der Waals surface area (Å²) < 4.78 is 23.7. The van der Waals surface area contributed by atoms with Gasteiger partial charge in [-0.2, -0.15) is 0 Å². The average molecular weight is 394 g/mol. The Morgan fingerprint density at radius 2 is 2.00 bits per heavy atom. The van der Waals surface area contributed by atoms with E-state index in [1.165, 1.54) is 23.9 Å². The second-order valence-electron chi connectivity index (χ2n) is 5.32. The van der Waals surface area contributed by atoms with Crippen molar-refractivity contribution < 1.29 is 13.9 Å². The molecule has 3 rings (SSSR count). The lowest BCUT2D eigenvalue weighted by atomic mass is 10.2. The predicted molar refractivity (Wildman–Crippen MR) is 101 cm³/mol. The summed E-state index contributed by atoms with van der Waals surface area (Å²) in [5.41, 5.74) is 0.763. The highest BCUT2D eigenvalue weighted by Crippen LogP contribution is 2.31. The van der Waals surface area contributed by atoms with Crippen molar-refractivity contribution in [1.82, 2.24) is 15.2 Å². The van der Waals surface area contributed by atoms with E-state index in [1.54, 1.807) is 37.4 Å². The summed E-state index contributed by atoms with van der Waals surface area (Å²) in [7, 11) is 1.60. The Hall–Kier alpha value is -2.25. The number of nitrogens with one attached hydrogen (secondary N) is 1. The van der Waals surface area contributed by atoms with Crippen molar-refractivity contribution in [2.24, 2.45) is 0 Å². The van der Waals surface area contributed by atoms with Gasteiger partial charge < -0.3 is 9.47 Å². The van der Waals surface area contributed by atoms with Crippen LogP contribution in [0.1, 0.15) is 6.42 Å². The molecule has 2 aromatic carbocycles. The highest BCUT2D eigenvalue weighted by Gasteiger charge is 2.12. The van der Waals surface area contributed by atoms with Crippen molar-refractivity contribution in [3.8, 4) is 22.9 Å². The van der Waals surface area contributed by atoms with E-state index in [9.17, 15) is 4.39 Å². The minimum Gasteiger partial charge on any atom is -0.496 e. The molecule has 26 heavy (non-hydrogen) atoms. The molecule has 0 amide bonds. The summed E-state index contributed by atoms with van der Waals surface area (Å²) in [5, 5.41) is 8.36. The summed E-state index contributed by atoms with van der Waals surface area (Å²) in [6.45, 7) is 0.540. The quantitative estimate of drug-likeness (QED) is 0.438. The fraction of sp³-hybridized carbons (Fsp3) is 0.222. The second kappa shape index (κ2) is 8.91. The van der Waals surface area contributed by atoms with Gasteiger partial charge in [-0.05, 0) is 48.9 Å². The number of benzene rings is 2. The monoisotopic (exact) mass is 393 g/mol. The fourth-order valence-electron chi connectivity index (χ4n) is 2.24. The summed E-state index contributed by atoms with van der Waals surface area (Å²) in [4.78, 5) is 4.47. The lowest BCUT2D eigenvalue weighted by Gasteiger charge is -2.05. The average Bonchev–Trinajstić information content (AvgIpc) is 3.12. The molecule has 0 fully saturated rings. The molecule has 0 unspecified atom stereocenters. The fourth-order valence-corrected chi connectivity index (χ4v) is 3.12. The van der Waals surface area contributed by atoms with Crippen molar-refractivity contribution in [3.05, 3.63) is 53.3 Å². The lowest BCUT2D eigenvalue weighted by Crippen LogP contribution is -1.98. The zero-order valence-corrected chi connectivity index (χ0v) is 15.6. The Morgan fingerprint density at radius 3 is 2.77 bits per heavy atom. The van der Waals surface area contributed by atoms with Crippen LogP contribution in [0.3, 0.4) is 0 Å². The molecule has 1 heterocycles. The molecule has 1 N–H and O–H groups in total. The highest BCUT2D eigenvalue weighted by molar-refractivity contribution is 7.99. The van der Waals surface area contributed by atoms with Crippen LogP contribution in [0.4, 0.5) is 4.39 Å². The van der Waals surface area contributed by atoms with Gasteiger partial charge in [0.2, 0.25) is 5.16 Å². The Kier molecular flexibility index (Phi) is 6.35. The number of aromatic nitrogens is 3. The maximum absolute atomic E-state index is 12.8. The number of H-pyrrole nitrogens is 1. The number of aromatic amines is 1. The molecule has 0 radical (unpaired) electrons. The molecule has 0 aliphatic heterocycles. The minimum absolute atomic E-state index is 0.273. The number of hydrogen-bond donors (Lipinski definition) is 1. The molecular weight excluding hydrogens is 377 g/mol. The second-order valence-corrected chi connectivity index (χ2v) is 6.81. The largest absolute Gasteiger partial charge is 0.496 e. The number of ether oxygens (including phenoxy) is 2. The van der Waals surface area contributed by atoms with E-state index in [1.807, 2.05) is 0 Å². The Labute approximate surface area is 159 Å². The van der Waals surface area contributed by atoms with Crippen molar-refractivity contribution in [2.75, 3.05) is 19.5 Å². The van der Waals surface area contributed by atoms with E-state index in [0.29, 0.717) is 34.1 Å². The SMILES string of the molecule is COc1ccc(Cl)cc1-c1nc(SCCCOc2ccc(F)cc2)n[nH]1. The topological polar surface area (TPSA) is 60.0 Å². The number of methoxy groups -OCH3 is 1. The Balaban J connectivity index is 1.50. The summed E-state index contributed by atoms with van der Waals surface area (Å²) in [6.07, 6.45) is 0.812. The first-order valence-corrected chi connectivity index (χ1v) is 9.29. The molecule has 0 bridgehead atoms. The third kappa shape index (κ3) is 4.89. The van der Waals surface area contributed by atoms with Gasteiger partial charge in [-0.15, -0.1) is 5.10 Å². The van der Waals surface area contributed by atoms with Crippen LogP contribution in [0.2, 0.25) is 5.02 Å². The van der Waals surface area contributed by atoms with E-state index in [2.05, 4.69) is 15.2 Å². The van der Waals surface area contributed by atoms with Gasteiger partial charge in [-0.1, -0.05) is 23.4 Å². The first-order valence-electron chi connectivity index (χ1n) is 7.93. The maximum atomic E-state index is 12.8. The molecule has 0 saturated heterocycles. The number of rotatable bonds is 8. The molecule has 0 spiro atoms. The van der Waals surface area contributed by atoms with Crippen LogP contribution in [-0.2, 0) is 0 Å². The number of hydrogen-bond acceptors (Lipinski definition) is 5. The molecule has 8 heteroatoms. The minimum atomic E-state index is -0.273. The van der Waals surface area contributed by atoms with E-state index >= 15 is 0 Å². The highest BCUT2D eigenvalue weighted by atomic mass is 35.5. The smallest absolute Gasteiger partial charge is 0.208 e. The van der Waals surface area contributed by atoms with Crippen LogP contribution in [0, 0.1) is 5.82 Å². The van der Waals surface area contributed by atoms with E-state index in [0.717, 1.165) is 17.7 Å². The summed E-state index contributed by atoms with van der Waals surface area (Å²) in [6, 6.07) is 11.3. The molecule has 0 aliphatic rings. The molecule has 3 aromatic rings. The van der Waals surface area contributed by atoms with Gasteiger partial charge in [0, 0.05) is 10.8 Å². The zero-order valence-electron chi connectivity index (χ0n) is 14.0. The van der Waals surface area contributed by atoms with Gasteiger partial charge in [0.15, 0.2) is 5.82 Å². The first kappa shape index (κ1) is 18.5. The maximum Gasteiger partial charge on any atom is 0.208 e. The van der Waals surface area contributed by atoms with Crippen LogP contribution >= 0.6 is 23.4 Å². The molecule has 0 atom stereocenters. The van der Waals surface area contributed by atoms with Gasteiger partial charge in [0.1, 0.15) is 17.3 Å². The van der Waals surface area contributed by atoms with Crippen LogP contribution in [0.15, 0.2) is 47.6 Å². The Bertz CT molecular complexity index is 858. The first-order chi connectivity index (χ1) is 12.7. The molecular formula is C18H17ClFN3O2S. The van der Waals surface area contributed by atoms with Crippen molar-refractivity contribution in [1.29, 1.82) is 0 Å². The van der Waals surface area contributed by atoms with Crippen LogP contribution in [0.5, 0.6) is 11.5 Å². The van der Waals surface area contributed by atoms with Crippen molar-refractivity contribution in [2.45, 2.75) is 11.6 Å². The van der Waals surface area contributed by atoms with Gasteiger partial charge in [-0.25, -0.2) is 9.37 Å². The van der Waals surface area contributed by atoms with Crippen LogP contribution in [0.25, 0.3) is 11.4 Å². The zero-order chi connectivity index (χ0) is 18.4. The molecule has 0 saturated carbocycles. The van der Waals surface area contributed by atoms with Crippen molar-refractivity contribution >= 4 is 23.4 Å². The van der Waals surface area contributed by atoms with Gasteiger partial charge in [0.25, 0.3) is 0 Å². The van der Waals surface area contributed by atoms with Gasteiger partial charge in [0.05, 0.1) is 19.3 Å². The standard InChI is InChI=1S/C18H17ClFN3O2S/c1-24-16-8-3-12(19)11-15(16)17-21-18(23-22-17)26-10-2-9-25-14-6-4-13(20)5-7-14/h3-8,11H,2,9-10H2,1H3,(H,21,22,23).